The highest BCUT2D eigenvalue weighted by molar-refractivity contribution is 5.87. The fraction of sp³-hybridized carbons (Fsp3) is 0.818. The number of carbonyl (C=O) groups excluding carboxylic acids is 2. The van der Waals surface area contributed by atoms with Crippen LogP contribution in [0.25, 0.3) is 0 Å². The molecular weight excluding hydrogens is 206 g/mol. The van der Waals surface area contributed by atoms with Crippen molar-refractivity contribution in [1.82, 2.24) is 10.6 Å². The van der Waals surface area contributed by atoms with Gasteiger partial charge in [0.05, 0.1) is 0 Å². The first-order valence-corrected chi connectivity index (χ1v) is 5.92. The number of rotatable bonds is 4. The quantitative estimate of drug-likeness (QED) is 0.627. The van der Waals surface area contributed by atoms with E-state index >= 15 is 0 Å². The van der Waals surface area contributed by atoms with Gasteiger partial charge >= 0.3 is 0 Å². The molecule has 0 aliphatic carbocycles. The van der Waals surface area contributed by atoms with Crippen molar-refractivity contribution in [2.24, 2.45) is 5.73 Å². The molecule has 16 heavy (non-hydrogen) atoms. The Morgan fingerprint density at radius 3 is 3.06 bits per heavy atom. The molecule has 2 unspecified atom stereocenters. The molecule has 2 amide bonds. The fourth-order valence-electron chi connectivity index (χ4n) is 1.70. The normalized spacial score (nSPS) is 23.1. The molecule has 92 valence electrons. The summed E-state index contributed by atoms with van der Waals surface area (Å²) in [7, 11) is 0. The van der Waals surface area contributed by atoms with Gasteiger partial charge in [0.15, 0.2) is 0 Å². The Hall–Kier alpha value is -1.10. The molecule has 0 radical (unpaired) electrons. The third-order valence-electron chi connectivity index (χ3n) is 2.70. The standard InChI is InChI=1S/C11H21N3O2/c1-8(12)5-6-10(15)14-9-4-2-3-7-13-11(9)16/h8-9H,2-7,12H2,1H3,(H,13,16)(H,14,15). The Morgan fingerprint density at radius 1 is 1.62 bits per heavy atom. The van der Waals surface area contributed by atoms with E-state index in [1.165, 1.54) is 0 Å². The molecule has 0 aromatic heterocycles. The van der Waals surface area contributed by atoms with E-state index in [0.29, 0.717) is 19.4 Å². The van der Waals surface area contributed by atoms with Crippen LogP contribution >= 0.6 is 0 Å². The van der Waals surface area contributed by atoms with E-state index in [1.54, 1.807) is 0 Å². The Kier molecular flexibility index (Phi) is 5.25. The van der Waals surface area contributed by atoms with Gasteiger partial charge < -0.3 is 16.4 Å². The summed E-state index contributed by atoms with van der Waals surface area (Å²) in [6, 6.07) is -0.336. The monoisotopic (exact) mass is 227 g/mol. The predicted octanol–water partition coefficient (Wildman–Crippen LogP) is -0.101. The smallest absolute Gasteiger partial charge is 0.242 e. The van der Waals surface area contributed by atoms with Crippen molar-refractivity contribution in [3.63, 3.8) is 0 Å². The van der Waals surface area contributed by atoms with Crippen LogP contribution in [0.5, 0.6) is 0 Å². The van der Waals surface area contributed by atoms with Gasteiger partial charge in [-0.05, 0) is 32.6 Å². The summed E-state index contributed by atoms with van der Waals surface area (Å²) >= 11 is 0. The van der Waals surface area contributed by atoms with Crippen molar-refractivity contribution in [3.05, 3.63) is 0 Å². The van der Waals surface area contributed by atoms with Gasteiger partial charge in [-0.25, -0.2) is 0 Å². The first-order valence-electron chi connectivity index (χ1n) is 5.92. The summed E-state index contributed by atoms with van der Waals surface area (Å²) in [5.74, 6) is -0.147. The lowest BCUT2D eigenvalue weighted by Gasteiger charge is -2.15. The highest BCUT2D eigenvalue weighted by atomic mass is 16.2. The van der Waals surface area contributed by atoms with Crippen LogP contribution in [0, 0.1) is 0 Å². The molecule has 0 bridgehead atoms. The van der Waals surface area contributed by atoms with E-state index in [9.17, 15) is 9.59 Å². The second-order valence-electron chi connectivity index (χ2n) is 4.42. The largest absolute Gasteiger partial charge is 0.354 e. The van der Waals surface area contributed by atoms with Crippen molar-refractivity contribution in [1.29, 1.82) is 0 Å². The molecule has 4 N–H and O–H groups in total. The lowest BCUT2D eigenvalue weighted by atomic mass is 10.1. The van der Waals surface area contributed by atoms with Crippen LogP contribution < -0.4 is 16.4 Å². The van der Waals surface area contributed by atoms with Crippen LogP contribution in [-0.4, -0.2) is 30.4 Å². The second-order valence-corrected chi connectivity index (χ2v) is 4.42. The summed E-state index contributed by atoms with van der Waals surface area (Å²) in [4.78, 5) is 23.1. The van der Waals surface area contributed by atoms with Crippen LogP contribution in [0.3, 0.4) is 0 Å². The van der Waals surface area contributed by atoms with Gasteiger partial charge in [0, 0.05) is 19.0 Å². The molecule has 2 atom stereocenters. The lowest BCUT2D eigenvalue weighted by molar-refractivity contribution is -0.128. The highest BCUT2D eigenvalue weighted by Crippen LogP contribution is 2.06. The van der Waals surface area contributed by atoms with Gasteiger partial charge in [0.2, 0.25) is 11.8 Å². The Labute approximate surface area is 96.1 Å². The van der Waals surface area contributed by atoms with Crippen LogP contribution in [0.2, 0.25) is 0 Å². The van der Waals surface area contributed by atoms with E-state index in [2.05, 4.69) is 10.6 Å². The first-order chi connectivity index (χ1) is 7.59. The van der Waals surface area contributed by atoms with E-state index < -0.39 is 0 Å². The zero-order chi connectivity index (χ0) is 12.0. The molecule has 1 heterocycles. The molecule has 0 spiro atoms. The number of hydrogen-bond donors (Lipinski definition) is 3. The average molecular weight is 227 g/mol. The molecule has 1 aliphatic rings. The minimum absolute atomic E-state index is 0.0220. The van der Waals surface area contributed by atoms with Gasteiger partial charge in [-0.3, -0.25) is 9.59 Å². The molecule has 1 rings (SSSR count). The van der Waals surface area contributed by atoms with Crippen molar-refractivity contribution < 1.29 is 9.59 Å². The highest BCUT2D eigenvalue weighted by Gasteiger charge is 2.21. The van der Waals surface area contributed by atoms with Crippen molar-refractivity contribution >= 4 is 11.8 Å². The summed E-state index contributed by atoms with van der Waals surface area (Å²) in [5.41, 5.74) is 5.57. The fourth-order valence-corrected chi connectivity index (χ4v) is 1.70. The Balaban J connectivity index is 2.33. The first kappa shape index (κ1) is 13.0. The van der Waals surface area contributed by atoms with Crippen molar-refractivity contribution in [2.75, 3.05) is 6.54 Å². The van der Waals surface area contributed by atoms with Gasteiger partial charge in [0.1, 0.15) is 6.04 Å². The molecule has 1 saturated heterocycles. The average Bonchev–Trinajstić information content (AvgIpc) is 2.42. The third kappa shape index (κ3) is 4.61. The van der Waals surface area contributed by atoms with E-state index in [-0.39, 0.29) is 23.9 Å². The van der Waals surface area contributed by atoms with E-state index in [4.69, 9.17) is 5.73 Å². The van der Waals surface area contributed by atoms with Crippen LogP contribution in [0.1, 0.15) is 39.0 Å². The zero-order valence-electron chi connectivity index (χ0n) is 9.79. The topological polar surface area (TPSA) is 84.2 Å². The molecule has 0 aromatic carbocycles. The summed E-state index contributed by atoms with van der Waals surface area (Å²) in [6.45, 7) is 2.58. The summed E-state index contributed by atoms with van der Waals surface area (Å²) in [5, 5.41) is 5.54. The number of nitrogens with two attached hydrogens (primary N) is 1. The van der Waals surface area contributed by atoms with Crippen LogP contribution in [0.4, 0.5) is 0 Å². The van der Waals surface area contributed by atoms with Gasteiger partial charge in [-0.2, -0.15) is 0 Å². The summed E-state index contributed by atoms with van der Waals surface area (Å²) < 4.78 is 0. The maximum absolute atomic E-state index is 11.5. The van der Waals surface area contributed by atoms with Crippen LogP contribution in [-0.2, 0) is 9.59 Å². The van der Waals surface area contributed by atoms with Gasteiger partial charge in [-0.1, -0.05) is 0 Å². The SMILES string of the molecule is CC(N)CCC(=O)NC1CCCCNC1=O. The Bertz CT molecular complexity index is 254. The number of hydrogen-bond acceptors (Lipinski definition) is 3. The molecule has 5 nitrogen and oxygen atoms in total. The van der Waals surface area contributed by atoms with E-state index in [1.807, 2.05) is 6.92 Å². The molecule has 1 aliphatic heterocycles. The minimum Gasteiger partial charge on any atom is -0.354 e. The maximum Gasteiger partial charge on any atom is 0.242 e. The molecule has 0 aromatic rings. The Morgan fingerprint density at radius 2 is 2.38 bits per heavy atom. The molecule has 5 heteroatoms. The number of amides is 2. The van der Waals surface area contributed by atoms with Crippen molar-refractivity contribution in [3.8, 4) is 0 Å². The maximum atomic E-state index is 11.5. The zero-order valence-corrected chi connectivity index (χ0v) is 9.79. The molecular formula is C11H21N3O2. The summed E-state index contributed by atoms with van der Waals surface area (Å²) in [6.07, 6.45) is 3.73. The van der Waals surface area contributed by atoms with Crippen molar-refractivity contribution in [2.45, 2.75) is 51.1 Å². The predicted molar refractivity (Wildman–Crippen MR) is 61.7 cm³/mol. The number of carbonyl (C=O) groups is 2. The minimum atomic E-state index is -0.358. The van der Waals surface area contributed by atoms with Crippen LogP contribution in [0.15, 0.2) is 0 Å². The number of nitrogens with one attached hydrogen (secondary N) is 2. The molecule has 0 saturated carbocycles. The van der Waals surface area contributed by atoms with E-state index in [0.717, 1.165) is 19.3 Å². The third-order valence-corrected chi connectivity index (χ3v) is 2.70. The molecule has 1 fully saturated rings. The van der Waals surface area contributed by atoms with Gasteiger partial charge in [-0.15, -0.1) is 0 Å². The second kappa shape index (κ2) is 6.48. The lowest BCUT2D eigenvalue weighted by Crippen LogP contribution is -2.45. The van der Waals surface area contributed by atoms with Gasteiger partial charge in [0.25, 0.3) is 0 Å².